The van der Waals surface area contributed by atoms with Crippen LogP contribution in [0.4, 0.5) is 21.2 Å². The molecule has 0 radical (unpaired) electrons. The summed E-state index contributed by atoms with van der Waals surface area (Å²) in [6.45, 7) is 22.2. The highest BCUT2D eigenvalue weighted by Crippen LogP contribution is 2.42. The Labute approximate surface area is 293 Å². The molecule has 1 aliphatic rings. The van der Waals surface area contributed by atoms with E-state index >= 15 is 0 Å². The van der Waals surface area contributed by atoms with Crippen LogP contribution in [0, 0.1) is 10.1 Å². The van der Waals surface area contributed by atoms with E-state index in [0.717, 1.165) is 4.90 Å². The summed E-state index contributed by atoms with van der Waals surface area (Å²) in [6.07, 6.45) is -0.716. The zero-order valence-corrected chi connectivity index (χ0v) is 32.1. The number of para-hydroxylation sites is 1. The van der Waals surface area contributed by atoms with Crippen molar-refractivity contribution in [2.24, 2.45) is 0 Å². The summed E-state index contributed by atoms with van der Waals surface area (Å²) in [6, 6.07) is 5.82. The standard InChI is InChI=1S/C34H50N6O9Si/c1-13-23-24(49-50(11,12)34(8,9)10)18-25(46-23)38-20-35-26-27(38)36-29(39(28(26)41)31(43)48-33(5,6)7)37(30(42)47-32(2,3)4)19-21-16-14-15-17-22(21)40(44)45/h14-17,20,23-25H,13,18-19H2,1-12H3/t23-,24-,25-/m1/s1. The molecule has 0 N–H and O–H groups in total. The molecule has 16 heteroatoms. The number of aromatic nitrogens is 4. The third-order valence-electron chi connectivity index (χ3n) is 8.67. The Hall–Kier alpha value is -4.15. The van der Waals surface area contributed by atoms with Crippen LogP contribution >= 0.6 is 0 Å². The Balaban J connectivity index is 1.94. The van der Waals surface area contributed by atoms with E-state index in [2.05, 4.69) is 38.8 Å². The number of imidazole rings is 1. The zero-order chi connectivity index (χ0) is 37.6. The predicted octanol–water partition coefficient (Wildman–Crippen LogP) is 7.31. The van der Waals surface area contributed by atoms with Crippen LogP contribution in [-0.2, 0) is 25.2 Å². The maximum absolute atomic E-state index is 14.2. The van der Waals surface area contributed by atoms with Gasteiger partial charge in [0.15, 0.2) is 19.5 Å². The number of carbonyl (C=O) groups is 2. The molecule has 1 aliphatic heterocycles. The lowest BCUT2D eigenvalue weighted by Crippen LogP contribution is -2.45. The van der Waals surface area contributed by atoms with E-state index in [1.165, 1.54) is 24.5 Å². The summed E-state index contributed by atoms with van der Waals surface area (Å²) >= 11 is 0. The number of ether oxygens (including phenoxy) is 3. The topological polar surface area (TPSA) is 170 Å². The molecule has 3 heterocycles. The maximum atomic E-state index is 14.2. The number of carbonyl (C=O) groups excluding carboxylic acids is 2. The second kappa shape index (κ2) is 13.9. The van der Waals surface area contributed by atoms with E-state index in [1.807, 2.05) is 6.92 Å². The van der Waals surface area contributed by atoms with Crippen LogP contribution in [0.15, 0.2) is 35.4 Å². The van der Waals surface area contributed by atoms with Gasteiger partial charge >= 0.3 is 12.2 Å². The van der Waals surface area contributed by atoms with E-state index in [-0.39, 0.29) is 39.7 Å². The summed E-state index contributed by atoms with van der Waals surface area (Å²) in [5.74, 6) is -0.468. The number of hydrogen-bond acceptors (Lipinski definition) is 11. The highest BCUT2D eigenvalue weighted by Gasteiger charge is 2.45. The fourth-order valence-electron chi connectivity index (χ4n) is 5.26. The summed E-state index contributed by atoms with van der Waals surface area (Å²) in [5.41, 5.74) is -3.27. The van der Waals surface area contributed by atoms with Crippen molar-refractivity contribution in [3.05, 3.63) is 56.6 Å². The van der Waals surface area contributed by atoms with Crippen LogP contribution in [-0.4, -0.2) is 67.9 Å². The van der Waals surface area contributed by atoms with E-state index < -0.39 is 60.9 Å². The van der Waals surface area contributed by atoms with E-state index in [0.29, 0.717) is 17.4 Å². The largest absolute Gasteiger partial charge is 0.443 e. The van der Waals surface area contributed by atoms with Gasteiger partial charge in [0.1, 0.15) is 17.4 Å². The average Bonchev–Trinajstić information content (AvgIpc) is 3.57. The fourth-order valence-corrected chi connectivity index (χ4v) is 6.62. The molecule has 0 aliphatic carbocycles. The maximum Gasteiger partial charge on any atom is 0.424 e. The van der Waals surface area contributed by atoms with Crippen molar-refractivity contribution in [2.45, 2.75) is 136 Å². The quantitative estimate of drug-likeness (QED) is 0.130. The third-order valence-corrected chi connectivity index (χ3v) is 13.2. The third kappa shape index (κ3) is 8.41. The number of benzene rings is 1. The van der Waals surface area contributed by atoms with Crippen molar-refractivity contribution in [3.8, 4) is 0 Å². The van der Waals surface area contributed by atoms with Crippen molar-refractivity contribution in [2.75, 3.05) is 4.90 Å². The van der Waals surface area contributed by atoms with Crippen molar-refractivity contribution in [3.63, 3.8) is 0 Å². The van der Waals surface area contributed by atoms with Crippen molar-refractivity contribution >= 4 is 43.3 Å². The normalized spacial score (nSPS) is 18.7. The molecule has 274 valence electrons. The Morgan fingerprint density at radius 2 is 1.68 bits per heavy atom. The van der Waals surface area contributed by atoms with Gasteiger partial charge in [-0.1, -0.05) is 45.9 Å². The van der Waals surface area contributed by atoms with Gasteiger partial charge in [0.25, 0.3) is 11.2 Å². The molecule has 15 nitrogen and oxygen atoms in total. The fraction of sp³-hybridized carbons (Fsp3) is 0.618. The first-order valence-electron chi connectivity index (χ1n) is 16.7. The highest BCUT2D eigenvalue weighted by atomic mass is 28.4. The van der Waals surface area contributed by atoms with Gasteiger partial charge in [-0.25, -0.2) is 19.5 Å². The molecule has 1 saturated heterocycles. The van der Waals surface area contributed by atoms with Gasteiger partial charge < -0.3 is 18.6 Å². The number of nitro groups is 1. The van der Waals surface area contributed by atoms with Gasteiger partial charge in [-0.3, -0.25) is 19.5 Å². The smallest absolute Gasteiger partial charge is 0.424 e. The summed E-state index contributed by atoms with van der Waals surface area (Å²) < 4.78 is 26.7. The number of fused-ring (bicyclic) bond motifs is 1. The zero-order valence-electron chi connectivity index (χ0n) is 31.1. The molecular formula is C34H50N6O9Si. The lowest BCUT2D eigenvalue weighted by Gasteiger charge is -2.39. The minimum atomic E-state index is -2.18. The molecule has 1 aromatic carbocycles. The second-order valence-electron chi connectivity index (χ2n) is 16.0. The van der Waals surface area contributed by atoms with Crippen LogP contribution in [0.2, 0.25) is 18.1 Å². The number of hydrogen-bond donors (Lipinski definition) is 0. The Kier molecular flexibility index (Phi) is 10.7. The van der Waals surface area contributed by atoms with Gasteiger partial charge in [-0.2, -0.15) is 9.55 Å². The molecule has 1 amide bonds. The van der Waals surface area contributed by atoms with Crippen LogP contribution in [0.3, 0.4) is 0 Å². The van der Waals surface area contributed by atoms with Crippen LogP contribution in [0.1, 0.15) is 93.9 Å². The minimum absolute atomic E-state index is 0.0345. The lowest BCUT2D eigenvalue weighted by atomic mass is 10.1. The summed E-state index contributed by atoms with van der Waals surface area (Å²) in [5, 5.41) is 11.9. The SMILES string of the molecule is CC[C@H]1O[C@@H](n2cnc3c(=O)n(C(=O)OC(C)(C)C)c(N(Cc4ccccc4[N+](=O)[O-])C(=O)OC(C)(C)C)nc32)C[C@H]1O[Si](C)(C)C(C)(C)C. The Morgan fingerprint density at radius 1 is 1.06 bits per heavy atom. The van der Waals surface area contributed by atoms with Gasteiger partial charge in [0, 0.05) is 18.1 Å². The predicted molar refractivity (Wildman–Crippen MR) is 190 cm³/mol. The van der Waals surface area contributed by atoms with Crippen LogP contribution in [0.25, 0.3) is 11.2 Å². The molecule has 1 fully saturated rings. The molecule has 0 saturated carbocycles. The van der Waals surface area contributed by atoms with Crippen molar-refractivity contribution in [1.29, 1.82) is 0 Å². The second-order valence-corrected chi connectivity index (χ2v) is 20.8. The highest BCUT2D eigenvalue weighted by molar-refractivity contribution is 6.74. The van der Waals surface area contributed by atoms with E-state index in [4.69, 9.17) is 23.6 Å². The van der Waals surface area contributed by atoms with Gasteiger partial charge in [0.2, 0.25) is 5.95 Å². The Morgan fingerprint density at radius 3 is 2.24 bits per heavy atom. The van der Waals surface area contributed by atoms with Crippen molar-refractivity contribution < 1.29 is 33.1 Å². The molecule has 0 bridgehead atoms. The van der Waals surface area contributed by atoms with Gasteiger partial charge in [-0.15, -0.1) is 0 Å². The first-order chi connectivity index (χ1) is 22.9. The molecule has 3 aromatic rings. The summed E-state index contributed by atoms with van der Waals surface area (Å²) in [4.78, 5) is 63.2. The molecule has 0 unspecified atom stereocenters. The van der Waals surface area contributed by atoms with Gasteiger partial charge in [0.05, 0.1) is 30.0 Å². The molecule has 3 atom stereocenters. The average molecular weight is 715 g/mol. The monoisotopic (exact) mass is 714 g/mol. The van der Waals surface area contributed by atoms with Crippen LogP contribution < -0.4 is 10.5 Å². The first-order valence-corrected chi connectivity index (χ1v) is 19.6. The molecular weight excluding hydrogens is 664 g/mol. The van der Waals surface area contributed by atoms with Crippen LogP contribution in [0.5, 0.6) is 0 Å². The molecule has 0 spiro atoms. The van der Waals surface area contributed by atoms with E-state index in [1.54, 1.807) is 52.2 Å². The lowest BCUT2D eigenvalue weighted by molar-refractivity contribution is -0.385. The molecule has 2 aromatic heterocycles. The number of nitro benzene ring substituents is 1. The first kappa shape index (κ1) is 38.6. The molecule has 50 heavy (non-hydrogen) atoms. The van der Waals surface area contributed by atoms with Crippen molar-refractivity contribution in [1.82, 2.24) is 19.1 Å². The minimum Gasteiger partial charge on any atom is -0.443 e. The number of nitrogens with zero attached hydrogens (tertiary/aromatic N) is 6. The summed E-state index contributed by atoms with van der Waals surface area (Å²) in [7, 11) is -2.18. The van der Waals surface area contributed by atoms with Gasteiger partial charge in [-0.05, 0) is 66.1 Å². The number of amides is 1. The number of rotatable bonds is 8. The number of anilines is 1. The van der Waals surface area contributed by atoms with E-state index in [9.17, 15) is 24.5 Å². The molecule has 4 rings (SSSR count). The Bertz CT molecular complexity index is 1820.